The molecule has 2 aliphatic rings. The van der Waals surface area contributed by atoms with Crippen molar-refractivity contribution in [2.45, 2.75) is 37.8 Å². The van der Waals surface area contributed by atoms with E-state index in [0.29, 0.717) is 12.5 Å². The second kappa shape index (κ2) is 4.91. The summed E-state index contributed by atoms with van der Waals surface area (Å²) in [5.74, 6) is -0.623. The molecule has 2 aliphatic carbocycles. The molecule has 0 aliphatic heterocycles. The molecule has 96 valence electrons. The zero-order valence-electron chi connectivity index (χ0n) is 9.63. The van der Waals surface area contributed by atoms with Gasteiger partial charge in [0.05, 0.1) is 6.61 Å². The standard InChI is InChI=1S/C11H18N2O4/c14-6-9(10(15)16)12-11(17)13(8-3-4-8)5-7-1-2-7/h7-9,14H,1-6H2,(H,12,17)(H,15,16)/t9-/m1/s1. The third-order valence-corrected chi connectivity index (χ3v) is 3.18. The molecule has 1 atom stereocenters. The van der Waals surface area contributed by atoms with E-state index in [1.165, 1.54) is 0 Å². The highest BCUT2D eigenvalue weighted by atomic mass is 16.4. The number of nitrogens with one attached hydrogen (secondary N) is 1. The molecule has 0 unspecified atom stereocenters. The third kappa shape index (κ3) is 3.33. The summed E-state index contributed by atoms with van der Waals surface area (Å²) in [5, 5.41) is 20.0. The van der Waals surface area contributed by atoms with Crippen LogP contribution in [0.5, 0.6) is 0 Å². The molecule has 6 nitrogen and oxygen atoms in total. The molecule has 0 heterocycles. The van der Waals surface area contributed by atoms with Gasteiger partial charge in [-0.05, 0) is 31.6 Å². The van der Waals surface area contributed by atoms with Crippen molar-refractivity contribution < 1.29 is 19.8 Å². The molecular weight excluding hydrogens is 224 g/mol. The van der Waals surface area contributed by atoms with Crippen molar-refractivity contribution in [1.82, 2.24) is 10.2 Å². The van der Waals surface area contributed by atoms with Crippen LogP contribution in [0.1, 0.15) is 25.7 Å². The zero-order valence-corrected chi connectivity index (χ0v) is 9.63. The van der Waals surface area contributed by atoms with Crippen molar-refractivity contribution in [3.63, 3.8) is 0 Å². The first-order valence-electron chi connectivity index (χ1n) is 6.02. The third-order valence-electron chi connectivity index (χ3n) is 3.18. The molecule has 2 saturated carbocycles. The minimum atomic E-state index is -1.21. The van der Waals surface area contributed by atoms with Crippen LogP contribution in [0.25, 0.3) is 0 Å². The highest BCUT2D eigenvalue weighted by Crippen LogP contribution is 2.34. The molecule has 0 radical (unpaired) electrons. The van der Waals surface area contributed by atoms with E-state index in [1.54, 1.807) is 4.90 Å². The lowest BCUT2D eigenvalue weighted by Gasteiger charge is -2.24. The average Bonchev–Trinajstić information content (AvgIpc) is 3.15. The van der Waals surface area contributed by atoms with Crippen LogP contribution in [0.4, 0.5) is 4.79 Å². The van der Waals surface area contributed by atoms with Crippen molar-refractivity contribution in [1.29, 1.82) is 0 Å². The zero-order chi connectivity index (χ0) is 12.4. The van der Waals surface area contributed by atoms with Gasteiger partial charge in [-0.3, -0.25) is 0 Å². The van der Waals surface area contributed by atoms with Gasteiger partial charge in [0.15, 0.2) is 6.04 Å². The fraction of sp³-hybridized carbons (Fsp3) is 0.818. The van der Waals surface area contributed by atoms with Crippen LogP contribution in [-0.4, -0.2) is 52.3 Å². The molecule has 2 amide bonds. The van der Waals surface area contributed by atoms with Gasteiger partial charge in [-0.15, -0.1) is 0 Å². The Labute approximate surface area is 99.6 Å². The SMILES string of the molecule is O=C(O)[C@@H](CO)NC(=O)N(CC1CC1)C1CC1. The van der Waals surface area contributed by atoms with Gasteiger partial charge in [-0.2, -0.15) is 0 Å². The Kier molecular flexibility index (Phi) is 3.51. The fourth-order valence-electron chi connectivity index (χ4n) is 1.78. The second-order valence-electron chi connectivity index (χ2n) is 4.85. The molecule has 6 heteroatoms. The van der Waals surface area contributed by atoms with Crippen molar-refractivity contribution >= 4 is 12.0 Å². The number of nitrogens with zero attached hydrogens (tertiary/aromatic N) is 1. The van der Waals surface area contributed by atoms with Crippen LogP contribution in [0.2, 0.25) is 0 Å². The maximum atomic E-state index is 11.9. The number of carboxylic acids is 1. The maximum Gasteiger partial charge on any atom is 0.328 e. The summed E-state index contributed by atoms with van der Waals surface area (Å²) < 4.78 is 0. The number of carboxylic acid groups (broad SMARTS) is 1. The monoisotopic (exact) mass is 242 g/mol. The fourth-order valence-corrected chi connectivity index (χ4v) is 1.78. The van der Waals surface area contributed by atoms with Gasteiger partial charge in [0.1, 0.15) is 0 Å². The normalized spacial score (nSPS) is 20.8. The lowest BCUT2D eigenvalue weighted by Crippen LogP contribution is -2.50. The smallest absolute Gasteiger partial charge is 0.328 e. The number of rotatable bonds is 6. The van der Waals surface area contributed by atoms with Gasteiger partial charge in [0.25, 0.3) is 0 Å². The summed E-state index contributed by atoms with van der Waals surface area (Å²) in [7, 11) is 0. The molecule has 0 bridgehead atoms. The molecule has 0 aromatic heterocycles. The summed E-state index contributed by atoms with van der Waals surface area (Å²) in [5.41, 5.74) is 0. The number of aliphatic hydroxyl groups excluding tert-OH is 1. The highest BCUT2D eigenvalue weighted by Gasteiger charge is 2.37. The minimum Gasteiger partial charge on any atom is -0.480 e. The summed E-state index contributed by atoms with van der Waals surface area (Å²) in [6, 6.07) is -1.30. The Morgan fingerprint density at radius 2 is 1.94 bits per heavy atom. The van der Waals surface area contributed by atoms with Crippen molar-refractivity contribution in [3.8, 4) is 0 Å². The van der Waals surface area contributed by atoms with E-state index in [9.17, 15) is 9.59 Å². The predicted octanol–water partition coefficient (Wildman–Crippen LogP) is 0.0159. The van der Waals surface area contributed by atoms with E-state index in [-0.39, 0.29) is 12.1 Å². The van der Waals surface area contributed by atoms with Gasteiger partial charge in [-0.1, -0.05) is 0 Å². The van der Waals surface area contributed by atoms with Crippen LogP contribution < -0.4 is 5.32 Å². The first kappa shape index (κ1) is 12.2. The Hall–Kier alpha value is -1.30. The number of carbonyl (C=O) groups excluding carboxylic acids is 1. The van der Waals surface area contributed by atoms with Gasteiger partial charge in [-0.25, -0.2) is 9.59 Å². The predicted molar refractivity (Wildman–Crippen MR) is 59.5 cm³/mol. The molecular formula is C11H18N2O4. The summed E-state index contributed by atoms with van der Waals surface area (Å²) in [6.45, 7) is 0.136. The lowest BCUT2D eigenvalue weighted by molar-refractivity contribution is -0.140. The molecule has 0 aromatic carbocycles. The van der Waals surface area contributed by atoms with Crippen LogP contribution in [0.15, 0.2) is 0 Å². The van der Waals surface area contributed by atoms with Crippen LogP contribution in [-0.2, 0) is 4.79 Å². The van der Waals surface area contributed by atoms with Gasteiger partial charge in [0, 0.05) is 12.6 Å². The maximum absolute atomic E-state index is 11.9. The number of hydrogen-bond acceptors (Lipinski definition) is 3. The Bertz CT molecular complexity index is 313. The topological polar surface area (TPSA) is 89.9 Å². The molecule has 0 aromatic rings. The van der Waals surface area contributed by atoms with Crippen molar-refractivity contribution in [2.75, 3.05) is 13.2 Å². The first-order chi connectivity index (χ1) is 8.11. The number of urea groups is 1. The minimum absolute atomic E-state index is 0.267. The first-order valence-corrected chi connectivity index (χ1v) is 6.02. The summed E-state index contributed by atoms with van der Waals surface area (Å²) >= 11 is 0. The molecule has 2 fully saturated rings. The van der Waals surface area contributed by atoms with E-state index < -0.39 is 18.6 Å². The van der Waals surface area contributed by atoms with Crippen LogP contribution >= 0.6 is 0 Å². The Morgan fingerprint density at radius 1 is 1.29 bits per heavy atom. The number of aliphatic hydroxyl groups is 1. The number of amides is 2. The van der Waals surface area contributed by atoms with Gasteiger partial charge in [0.2, 0.25) is 0 Å². The van der Waals surface area contributed by atoms with E-state index in [0.717, 1.165) is 25.7 Å². The van der Waals surface area contributed by atoms with Crippen LogP contribution in [0, 0.1) is 5.92 Å². The number of aliphatic carboxylic acids is 1. The van der Waals surface area contributed by atoms with Gasteiger partial charge >= 0.3 is 12.0 Å². The lowest BCUT2D eigenvalue weighted by atomic mass is 10.3. The second-order valence-corrected chi connectivity index (χ2v) is 4.85. The van der Waals surface area contributed by atoms with E-state index in [1.807, 2.05) is 0 Å². The molecule has 2 rings (SSSR count). The van der Waals surface area contributed by atoms with Crippen molar-refractivity contribution in [2.24, 2.45) is 5.92 Å². The van der Waals surface area contributed by atoms with Crippen molar-refractivity contribution in [3.05, 3.63) is 0 Å². The largest absolute Gasteiger partial charge is 0.480 e. The quantitative estimate of drug-likeness (QED) is 0.612. The Morgan fingerprint density at radius 3 is 2.35 bits per heavy atom. The molecule has 0 saturated heterocycles. The summed E-state index contributed by atoms with van der Waals surface area (Å²) in [6.07, 6.45) is 4.30. The molecule has 0 spiro atoms. The number of hydrogen-bond donors (Lipinski definition) is 3. The van der Waals surface area contributed by atoms with E-state index in [4.69, 9.17) is 10.2 Å². The van der Waals surface area contributed by atoms with E-state index >= 15 is 0 Å². The number of carbonyl (C=O) groups is 2. The molecule has 17 heavy (non-hydrogen) atoms. The molecule has 3 N–H and O–H groups in total. The summed E-state index contributed by atoms with van der Waals surface area (Å²) in [4.78, 5) is 24.3. The average molecular weight is 242 g/mol. The highest BCUT2D eigenvalue weighted by molar-refractivity contribution is 5.83. The van der Waals surface area contributed by atoms with Crippen LogP contribution in [0.3, 0.4) is 0 Å². The van der Waals surface area contributed by atoms with E-state index in [2.05, 4.69) is 5.32 Å². The Balaban J connectivity index is 1.88. The van der Waals surface area contributed by atoms with Gasteiger partial charge < -0.3 is 20.4 Å².